The number of benzene rings is 3. The zero-order valence-corrected chi connectivity index (χ0v) is 38.9. The maximum Gasteiger partial charge on any atom is 0.118 e. The molecule has 4 aliphatic rings. The maximum atomic E-state index is 8.81. The van der Waals surface area contributed by atoms with Gasteiger partial charge in [0, 0.05) is 30.0 Å². The molecule has 1 saturated heterocycles. The minimum atomic E-state index is -0.529. The Kier molecular flexibility index (Phi) is 14.0. The summed E-state index contributed by atoms with van der Waals surface area (Å²) < 4.78 is -0.445. The fourth-order valence-corrected chi connectivity index (χ4v) is 16.8. The first-order valence-electron chi connectivity index (χ1n) is 22.9. The molecule has 0 bridgehead atoms. The molecule has 0 N–H and O–H groups in total. The van der Waals surface area contributed by atoms with Crippen LogP contribution in [0.15, 0.2) is 83.7 Å². The van der Waals surface area contributed by atoms with Gasteiger partial charge >= 0.3 is 0 Å². The molecule has 1 aliphatic heterocycles. The molecule has 3 aromatic rings. The first-order valence-corrected chi connectivity index (χ1v) is 25.2. The van der Waals surface area contributed by atoms with Gasteiger partial charge in [-0.3, -0.25) is 0 Å². The Morgan fingerprint density at radius 1 is 0.579 bits per heavy atom. The number of allylic oxidation sites excluding steroid dienone is 2. The van der Waals surface area contributed by atoms with Gasteiger partial charge < -0.3 is 9.80 Å². The average molecular weight is 826 g/mol. The van der Waals surface area contributed by atoms with Crippen LogP contribution in [0.3, 0.4) is 0 Å². The topological polar surface area (TPSA) is 6.48 Å². The Labute approximate surface area is 358 Å². The number of hydrogen-bond acceptors (Lipinski definition) is 2. The third kappa shape index (κ3) is 8.68. The Morgan fingerprint density at radius 2 is 1.00 bits per heavy atom. The van der Waals surface area contributed by atoms with Crippen molar-refractivity contribution >= 4 is 48.6 Å². The van der Waals surface area contributed by atoms with E-state index in [1.165, 1.54) is 120 Å². The van der Waals surface area contributed by atoms with Crippen LogP contribution in [0.1, 0.15) is 184 Å². The zero-order chi connectivity index (χ0) is 40.4. The van der Waals surface area contributed by atoms with Crippen LogP contribution in [0.5, 0.6) is 0 Å². The van der Waals surface area contributed by atoms with Gasteiger partial charge in [-0.15, -0.1) is 23.2 Å². The van der Waals surface area contributed by atoms with Crippen LogP contribution < -0.4 is 9.80 Å². The lowest BCUT2D eigenvalue weighted by Gasteiger charge is -2.52. The highest BCUT2D eigenvalue weighted by molar-refractivity contribution is 7.63. The number of rotatable bonds is 10. The van der Waals surface area contributed by atoms with Gasteiger partial charge in [-0.05, 0) is 113 Å². The number of alkyl halides is 2. The summed E-state index contributed by atoms with van der Waals surface area (Å²) in [4.78, 5) is 5.48. The summed E-state index contributed by atoms with van der Waals surface area (Å²) in [7, 11) is -0.529. The fourth-order valence-electron chi connectivity index (χ4n) is 10.9. The Balaban J connectivity index is 1.58. The van der Waals surface area contributed by atoms with E-state index in [-0.39, 0.29) is 5.38 Å². The highest BCUT2D eigenvalue weighted by Crippen LogP contribution is 2.72. The molecule has 0 amide bonds. The minimum absolute atomic E-state index is 0.151. The van der Waals surface area contributed by atoms with Crippen LogP contribution in [0.4, 0.5) is 11.4 Å². The van der Waals surface area contributed by atoms with E-state index in [9.17, 15) is 0 Å². The number of para-hydroxylation sites is 2. The van der Waals surface area contributed by atoms with Gasteiger partial charge in [-0.25, -0.2) is 0 Å². The second-order valence-electron chi connectivity index (χ2n) is 19.0. The predicted molar refractivity (Wildman–Crippen MR) is 254 cm³/mol. The molecule has 3 aliphatic carbocycles. The van der Waals surface area contributed by atoms with E-state index in [2.05, 4.69) is 138 Å². The molecule has 2 unspecified atom stereocenters. The largest absolute Gasteiger partial charge is 0.325 e. The molecule has 308 valence electrons. The number of anilines is 2. The lowest BCUT2D eigenvalue weighted by molar-refractivity contribution is 0.476. The summed E-state index contributed by atoms with van der Waals surface area (Å²) in [6, 6.07) is 25.2. The first kappa shape index (κ1) is 42.9. The van der Waals surface area contributed by atoms with Gasteiger partial charge in [0.05, 0.1) is 9.99 Å². The molecule has 0 spiro atoms. The maximum absolute atomic E-state index is 8.81. The van der Waals surface area contributed by atoms with E-state index in [1.807, 2.05) is 0 Å². The van der Waals surface area contributed by atoms with Crippen molar-refractivity contribution in [1.29, 1.82) is 0 Å². The Morgan fingerprint density at radius 3 is 1.40 bits per heavy atom. The number of hydrogen-bond donors (Lipinski definition) is 0. The highest BCUT2D eigenvalue weighted by atomic mass is 35.5. The van der Waals surface area contributed by atoms with Crippen molar-refractivity contribution in [2.45, 2.75) is 177 Å². The molecule has 57 heavy (non-hydrogen) atoms. The number of nitrogens with zero attached hydrogens (tertiary/aromatic N) is 2. The van der Waals surface area contributed by atoms with Crippen LogP contribution >= 0.6 is 31.1 Å². The van der Waals surface area contributed by atoms with Gasteiger partial charge in [-0.1, -0.05) is 169 Å². The summed E-state index contributed by atoms with van der Waals surface area (Å²) in [6.07, 6.45) is 17.9. The molecule has 3 aromatic carbocycles. The van der Waals surface area contributed by atoms with Gasteiger partial charge in [0.15, 0.2) is 0 Å². The van der Waals surface area contributed by atoms with Crippen molar-refractivity contribution in [3.8, 4) is 0 Å². The van der Waals surface area contributed by atoms with E-state index in [0.29, 0.717) is 35.0 Å². The molecule has 3 saturated carbocycles. The minimum Gasteiger partial charge on any atom is -0.325 e. The SMILES string of the molecule is CC(C)c1cccc(C(C)C)c1N1CCN(c2c(C(C)C)cccc2C(C)C)C1=C1C(=Cc2ccccc2)C(Cl)(P(C2CCCCC2)C2CCCCC2)CCC1Cl. The second-order valence-corrected chi connectivity index (χ2v) is 23.4. The van der Waals surface area contributed by atoms with Crippen LogP contribution in [0.2, 0.25) is 0 Å². The molecular weight excluding hydrogens is 754 g/mol. The van der Waals surface area contributed by atoms with Gasteiger partial charge in [0.1, 0.15) is 5.82 Å². The molecule has 7 rings (SSSR count). The number of halogens is 2. The standard InChI is InChI=1S/C52H71Cl2N2P/c1-35(2)42-26-18-27-43(36(3)4)49(42)55-32-33-56(50-44(37(5)6)28-19-29-45(50)38(7)8)51(55)48-46(34-39-20-12-9-13-21-39)52(54,31-30-47(48)53)57(40-22-14-10-15-23-40)41-24-16-11-17-25-41/h9,12-13,18-21,26-29,34-38,40-41,47H,10-11,14-17,22-25,30-33H2,1-8H3. The highest BCUT2D eigenvalue weighted by Gasteiger charge is 2.53. The molecule has 1 heterocycles. The summed E-state index contributed by atoms with van der Waals surface area (Å²) in [5, 5.41) is -0.151. The normalized spacial score (nSPS) is 23.8. The van der Waals surface area contributed by atoms with Crippen LogP contribution in [-0.4, -0.2) is 34.4 Å². The second kappa shape index (κ2) is 18.6. The summed E-state index contributed by atoms with van der Waals surface area (Å²) >= 11 is 16.8. The lowest BCUT2D eigenvalue weighted by Crippen LogP contribution is -2.41. The Hall–Kier alpha value is -2.25. The third-order valence-electron chi connectivity index (χ3n) is 13.7. The van der Waals surface area contributed by atoms with Crippen LogP contribution in [0.25, 0.3) is 6.08 Å². The van der Waals surface area contributed by atoms with Crippen molar-refractivity contribution in [2.24, 2.45) is 0 Å². The van der Waals surface area contributed by atoms with Crippen molar-refractivity contribution in [3.05, 3.63) is 112 Å². The smallest absolute Gasteiger partial charge is 0.118 e. The quantitative estimate of drug-likeness (QED) is 0.148. The lowest BCUT2D eigenvalue weighted by atomic mass is 9.85. The molecular formula is C52H71Cl2N2P. The van der Waals surface area contributed by atoms with Crippen molar-refractivity contribution in [3.63, 3.8) is 0 Å². The van der Waals surface area contributed by atoms with E-state index in [4.69, 9.17) is 23.2 Å². The van der Waals surface area contributed by atoms with Crippen LogP contribution in [0, 0.1) is 0 Å². The van der Waals surface area contributed by atoms with E-state index < -0.39 is 12.5 Å². The summed E-state index contributed by atoms with van der Waals surface area (Å²) in [5.41, 5.74) is 13.7. The molecule has 0 aromatic heterocycles. The van der Waals surface area contributed by atoms with Crippen LogP contribution in [-0.2, 0) is 0 Å². The van der Waals surface area contributed by atoms with Crippen molar-refractivity contribution < 1.29 is 0 Å². The average Bonchev–Trinajstić information content (AvgIpc) is 3.64. The molecule has 5 heteroatoms. The molecule has 4 fully saturated rings. The van der Waals surface area contributed by atoms with Crippen molar-refractivity contribution in [1.82, 2.24) is 0 Å². The van der Waals surface area contributed by atoms with E-state index in [1.54, 1.807) is 0 Å². The Bertz CT molecular complexity index is 1740. The fraction of sp³-hybridized carbons (Fsp3) is 0.577. The zero-order valence-electron chi connectivity index (χ0n) is 36.5. The van der Waals surface area contributed by atoms with Crippen molar-refractivity contribution in [2.75, 3.05) is 22.9 Å². The molecule has 2 nitrogen and oxygen atoms in total. The van der Waals surface area contributed by atoms with Gasteiger partial charge in [0.25, 0.3) is 0 Å². The van der Waals surface area contributed by atoms with E-state index >= 15 is 0 Å². The van der Waals surface area contributed by atoms with Gasteiger partial charge in [0.2, 0.25) is 0 Å². The molecule has 0 radical (unpaired) electrons. The third-order valence-corrected chi connectivity index (χ3v) is 19.0. The summed E-state index contributed by atoms with van der Waals surface area (Å²) in [5.74, 6) is 2.80. The van der Waals surface area contributed by atoms with Gasteiger partial charge in [-0.2, -0.15) is 0 Å². The monoisotopic (exact) mass is 824 g/mol. The van der Waals surface area contributed by atoms with E-state index in [0.717, 1.165) is 25.9 Å². The first-order chi connectivity index (χ1) is 27.4. The predicted octanol–water partition coefficient (Wildman–Crippen LogP) is 16.3. The molecule has 2 atom stereocenters. The summed E-state index contributed by atoms with van der Waals surface area (Å²) in [6.45, 7) is 20.7.